The molecule has 5 nitrogen and oxygen atoms in total. The molecule has 1 aromatic rings. The summed E-state index contributed by atoms with van der Waals surface area (Å²) in [5, 5.41) is 3.50. The summed E-state index contributed by atoms with van der Waals surface area (Å²) in [7, 11) is 0. The van der Waals surface area contributed by atoms with Gasteiger partial charge in [-0.05, 0) is 43.7 Å². The Morgan fingerprint density at radius 2 is 2.11 bits per heavy atom. The molecule has 4 rings (SSSR count). The van der Waals surface area contributed by atoms with Gasteiger partial charge in [-0.1, -0.05) is 31.0 Å². The number of likely N-dealkylation sites (tertiary alicyclic amines) is 1. The molecule has 0 radical (unpaired) electrons. The van der Waals surface area contributed by atoms with Crippen molar-refractivity contribution in [2.45, 2.75) is 51.4 Å². The van der Waals surface area contributed by atoms with Crippen molar-refractivity contribution in [1.82, 2.24) is 10.2 Å². The molecule has 5 heteroatoms. The summed E-state index contributed by atoms with van der Waals surface area (Å²) in [5.74, 6) is 2.72. The molecule has 1 amide bonds. The standard InChI is InChI=1S/C22H32N4O/c1-2-23-22(24-13-11-17-9-10-17)26-16-18(19-6-3-4-7-20(19)26)12-15-25-14-5-8-21(25)27/h3-4,6-7,17-18H,2,5,8-16H2,1H3,(H,23,24). The molecule has 1 saturated carbocycles. The molecule has 1 N–H and O–H groups in total. The maximum absolute atomic E-state index is 11.9. The monoisotopic (exact) mass is 368 g/mol. The van der Waals surface area contributed by atoms with Crippen molar-refractivity contribution in [3.63, 3.8) is 0 Å². The molecule has 2 heterocycles. The summed E-state index contributed by atoms with van der Waals surface area (Å²) in [6.45, 7) is 6.70. The number of nitrogens with zero attached hydrogens (tertiary/aromatic N) is 3. The third-order valence-electron chi connectivity index (χ3n) is 6.08. The zero-order valence-corrected chi connectivity index (χ0v) is 16.5. The SMILES string of the molecule is CCNC(=NCCC1CC1)N1CC(CCN2CCCC2=O)c2ccccc21. The van der Waals surface area contributed by atoms with Crippen LogP contribution in [0.4, 0.5) is 5.69 Å². The van der Waals surface area contributed by atoms with Crippen LogP contribution in [0.1, 0.15) is 56.9 Å². The van der Waals surface area contributed by atoms with E-state index in [9.17, 15) is 4.79 Å². The highest BCUT2D eigenvalue weighted by Crippen LogP contribution is 2.38. The fourth-order valence-electron chi connectivity index (χ4n) is 4.35. The van der Waals surface area contributed by atoms with Gasteiger partial charge in [-0.25, -0.2) is 0 Å². The maximum Gasteiger partial charge on any atom is 0.222 e. The molecule has 0 bridgehead atoms. The van der Waals surface area contributed by atoms with Crippen molar-refractivity contribution in [1.29, 1.82) is 0 Å². The molecular formula is C22H32N4O. The number of carbonyl (C=O) groups excluding carboxylic acids is 1. The minimum absolute atomic E-state index is 0.327. The average molecular weight is 369 g/mol. The highest BCUT2D eigenvalue weighted by atomic mass is 16.2. The molecule has 2 aliphatic heterocycles. The van der Waals surface area contributed by atoms with Gasteiger partial charge in [-0.3, -0.25) is 9.79 Å². The quantitative estimate of drug-likeness (QED) is 0.593. The van der Waals surface area contributed by atoms with Crippen molar-refractivity contribution >= 4 is 17.6 Å². The number of guanidine groups is 1. The molecule has 146 valence electrons. The van der Waals surface area contributed by atoms with Crippen LogP contribution < -0.4 is 10.2 Å². The smallest absolute Gasteiger partial charge is 0.222 e. The summed E-state index contributed by atoms with van der Waals surface area (Å²) in [5.41, 5.74) is 2.68. The van der Waals surface area contributed by atoms with Crippen molar-refractivity contribution < 1.29 is 4.79 Å². The van der Waals surface area contributed by atoms with E-state index in [-0.39, 0.29) is 0 Å². The number of benzene rings is 1. The van der Waals surface area contributed by atoms with Gasteiger partial charge >= 0.3 is 0 Å². The lowest BCUT2D eigenvalue weighted by molar-refractivity contribution is -0.127. The average Bonchev–Trinajstić information content (AvgIpc) is 3.30. The predicted molar refractivity (Wildman–Crippen MR) is 110 cm³/mol. The predicted octanol–water partition coefficient (Wildman–Crippen LogP) is 3.37. The van der Waals surface area contributed by atoms with Gasteiger partial charge < -0.3 is 15.1 Å². The van der Waals surface area contributed by atoms with Crippen molar-refractivity contribution in [2.75, 3.05) is 37.6 Å². The highest BCUT2D eigenvalue weighted by molar-refractivity contribution is 5.98. The Bertz CT molecular complexity index is 697. The van der Waals surface area contributed by atoms with E-state index in [1.165, 1.54) is 30.5 Å². The molecular weight excluding hydrogens is 336 g/mol. The van der Waals surface area contributed by atoms with E-state index < -0.39 is 0 Å². The molecule has 27 heavy (non-hydrogen) atoms. The van der Waals surface area contributed by atoms with Gasteiger partial charge in [0.1, 0.15) is 0 Å². The van der Waals surface area contributed by atoms with Crippen LogP contribution in [-0.4, -0.2) is 49.5 Å². The fourth-order valence-corrected chi connectivity index (χ4v) is 4.35. The first-order valence-electron chi connectivity index (χ1n) is 10.7. The summed E-state index contributed by atoms with van der Waals surface area (Å²) >= 11 is 0. The van der Waals surface area contributed by atoms with E-state index in [4.69, 9.17) is 4.99 Å². The van der Waals surface area contributed by atoms with Gasteiger partial charge in [0.2, 0.25) is 5.91 Å². The number of para-hydroxylation sites is 1. The van der Waals surface area contributed by atoms with E-state index in [2.05, 4.69) is 41.4 Å². The Kier molecular flexibility index (Phi) is 5.65. The number of hydrogen-bond donors (Lipinski definition) is 1. The van der Waals surface area contributed by atoms with Crippen LogP contribution in [0.25, 0.3) is 0 Å². The van der Waals surface area contributed by atoms with E-state index in [1.807, 2.05) is 4.90 Å². The Labute approximate surface area is 162 Å². The number of aliphatic imine (C=N–C) groups is 1. The maximum atomic E-state index is 11.9. The van der Waals surface area contributed by atoms with Crippen LogP contribution in [0.15, 0.2) is 29.3 Å². The molecule has 1 saturated heterocycles. The zero-order valence-electron chi connectivity index (χ0n) is 16.5. The van der Waals surface area contributed by atoms with Gasteiger partial charge in [0, 0.05) is 50.7 Å². The third-order valence-corrected chi connectivity index (χ3v) is 6.08. The normalized spacial score (nSPS) is 22.5. The number of amides is 1. The van der Waals surface area contributed by atoms with Gasteiger partial charge in [0.25, 0.3) is 0 Å². The van der Waals surface area contributed by atoms with Crippen molar-refractivity contribution in [2.24, 2.45) is 10.9 Å². The summed E-state index contributed by atoms with van der Waals surface area (Å²) in [6.07, 6.45) is 6.76. The van der Waals surface area contributed by atoms with Crippen LogP contribution in [0, 0.1) is 5.92 Å². The summed E-state index contributed by atoms with van der Waals surface area (Å²) in [4.78, 5) is 21.3. The molecule has 1 aliphatic carbocycles. The van der Waals surface area contributed by atoms with Gasteiger partial charge in [-0.2, -0.15) is 0 Å². The number of rotatable bonds is 7. The second kappa shape index (κ2) is 8.32. The van der Waals surface area contributed by atoms with Gasteiger partial charge in [0.05, 0.1) is 0 Å². The van der Waals surface area contributed by atoms with Crippen LogP contribution in [-0.2, 0) is 4.79 Å². The third kappa shape index (κ3) is 4.28. The van der Waals surface area contributed by atoms with Crippen molar-refractivity contribution in [3.05, 3.63) is 29.8 Å². The number of anilines is 1. The Morgan fingerprint density at radius 3 is 2.85 bits per heavy atom. The van der Waals surface area contributed by atoms with Crippen LogP contribution in [0.5, 0.6) is 0 Å². The van der Waals surface area contributed by atoms with E-state index in [0.29, 0.717) is 11.8 Å². The fraction of sp³-hybridized carbons (Fsp3) is 0.636. The molecule has 0 spiro atoms. The first-order chi connectivity index (χ1) is 13.3. The zero-order chi connectivity index (χ0) is 18.6. The number of fused-ring (bicyclic) bond motifs is 1. The Hall–Kier alpha value is -2.04. The first kappa shape index (κ1) is 18.3. The van der Waals surface area contributed by atoms with Crippen LogP contribution in [0.2, 0.25) is 0 Å². The minimum Gasteiger partial charge on any atom is -0.356 e. The molecule has 3 aliphatic rings. The molecule has 0 aromatic heterocycles. The highest BCUT2D eigenvalue weighted by Gasteiger charge is 2.32. The van der Waals surface area contributed by atoms with Crippen LogP contribution >= 0.6 is 0 Å². The largest absolute Gasteiger partial charge is 0.356 e. The summed E-state index contributed by atoms with van der Waals surface area (Å²) < 4.78 is 0. The number of nitrogens with one attached hydrogen (secondary N) is 1. The Morgan fingerprint density at radius 1 is 1.26 bits per heavy atom. The molecule has 2 fully saturated rings. The molecule has 1 atom stereocenters. The summed E-state index contributed by atoms with van der Waals surface area (Å²) in [6, 6.07) is 8.71. The van der Waals surface area contributed by atoms with Crippen LogP contribution in [0.3, 0.4) is 0 Å². The topological polar surface area (TPSA) is 47.9 Å². The van der Waals surface area contributed by atoms with Crippen molar-refractivity contribution in [3.8, 4) is 0 Å². The number of carbonyl (C=O) groups is 1. The molecule has 1 unspecified atom stereocenters. The van der Waals surface area contributed by atoms with E-state index in [0.717, 1.165) is 63.9 Å². The lowest BCUT2D eigenvalue weighted by Crippen LogP contribution is -2.41. The van der Waals surface area contributed by atoms with Gasteiger partial charge in [0.15, 0.2) is 5.96 Å². The second-order valence-corrected chi connectivity index (χ2v) is 8.11. The second-order valence-electron chi connectivity index (χ2n) is 8.11. The van der Waals surface area contributed by atoms with E-state index >= 15 is 0 Å². The lowest BCUT2D eigenvalue weighted by atomic mass is 9.98. The Balaban J connectivity index is 1.46. The molecule has 1 aromatic carbocycles. The minimum atomic E-state index is 0.327. The van der Waals surface area contributed by atoms with Gasteiger partial charge in [-0.15, -0.1) is 0 Å². The lowest BCUT2D eigenvalue weighted by Gasteiger charge is -2.23. The number of hydrogen-bond acceptors (Lipinski definition) is 2. The van der Waals surface area contributed by atoms with E-state index in [1.54, 1.807) is 0 Å². The first-order valence-corrected chi connectivity index (χ1v) is 10.7.